The van der Waals surface area contributed by atoms with Gasteiger partial charge in [-0.15, -0.1) is 0 Å². The summed E-state index contributed by atoms with van der Waals surface area (Å²) in [6.45, 7) is 3.30. The number of likely N-dealkylation sites (tertiary alicyclic amines) is 1. The van der Waals surface area contributed by atoms with Gasteiger partial charge < -0.3 is 9.30 Å². The average Bonchev–Trinajstić information content (AvgIpc) is 3.00. The Balaban J connectivity index is 1.76. The van der Waals surface area contributed by atoms with Crippen LogP contribution < -0.4 is 0 Å². The van der Waals surface area contributed by atoms with E-state index in [0.29, 0.717) is 6.61 Å². The van der Waals surface area contributed by atoms with Gasteiger partial charge in [-0.2, -0.15) is 0 Å². The van der Waals surface area contributed by atoms with E-state index in [9.17, 15) is 4.39 Å². The first-order chi connectivity index (χ1) is 11.3. The Bertz CT molecular complexity index is 628. The number of ether oxygens (including phenoxy) is 1. The third kappa shape index (κ3) is 3.98. The molecule has 0 radical (unpaired) electrons. The molecule has 1 unspecified atom stereocenters. The quantitative estimate of drug-likeness (QED) is 0.818. The van der Waals surface area contributed by atoms with Crippen molar-refractivity contribution in [1.82, 2.24) is 14.5 Å². The molecule has 0 saturated carbocycles. The molecule has 1 saturated heterocycles. The van der Waals surface area contributed by atoms with Crippen LogP contribution in [0.2, 0.25) is 0 Å². The molecule has 5 heteroatoms. The molecule has 1 aliphatic heterocycles. The zero-order chi connectivity index (χ0) is 16.1. The summed E-state index contributed by atoms with van der Waals surface area (Å²) in [6.07, 6.45) is 7.28. The summed E-state index contributed by atoms with van der Waals surface area (Å²) in [5.41, 5.74) is 1.07. The Hall–Kier alpha value is -1.72. The molecule has 124 valence electrons. The molecular formula is C18H24FN3O. The number of methoxy groups -OCH3 is 1. The van der Waals surface area contributed by atoms with Crippen LogP contribution in [0, 0.1) is 5.82 Å². The lowest BCUT2D eigenvalue weighted by Gasteiger charge is -2.35. The molecule has 0 spiro atoms. The summed E-state index contributed by atoms with van der Waals surface area (Å²) < 4.78 is 20.9. The molecule has 1 atom stereocenters. The van der Waals surface area contributed by atoms with Gasteiger partial charge in [-0.25, -0.2) is 9.37 Å². The SMILES string of the molecule is COCCn1ccnc1CN1CCCCC1c1cccc(F)c1. The predicted octanol–water partition coefficient (Wildman–Crippen LogP) is 3.40. The first-order valence-corrected chi connectivity index (χ1v) is 8.26. The number of halogens is 1. The first-order valence-electron chi connectivity index (χ1n) is 8.26. The molecular weight excluding hydrogens is 293 g/mol. The molecule has 1 aromatic carbocycles. The number of piperidine rings is 1. The van der Waals surface area contributed by atoms with E-state index in [1.807, 2.05) is 18.5 Å². The molecule has 0 N–H and O–H groups in total. The number of hydrogen-bond donors (Lipinski definition) is 0. The van der Waals surface area contributed by atoms with Crippen molar-refractivity contribution < 1.29 is 9.13 Å². The second kappa shape index (κ2) is 7.70. The van der Waals surface area contributed by atoms with Crippen LogP contribution in [0.25, 0.3) is 0 Å². The number of benzene rings is 1. The van der Waals surface area contributed by atoms with Crippen molar-refractivity contribution in [3.63, 3.8) is 0 Å². The summed E-state index contributed by atoms with van der Waals surface area (Å²) in [5.74, 6) is 0.889. The van der Waals surface area contributed by atoms with Crippen LogP contribution in [0.4, 0.5) is 4.39 Å². The maximum Gasteiger partial charge on any atom is 0.123 e. The van der Waals surface area contributed by atoms with Gasteiger partial charge in [0.1, 0.15) is 11.6 Å². The minimum absolute atomic E-state index is 0.158. The number of imidazole rings is 1. The molecule has 0 bridgehead atoms. The van der Waals surface area contributed by atoms with E-state index in [0.717, 1.165) is 37.4 Å². The molecule has 1 aliphatic rings. The van der Waals surface area contributed by atoms with Crippen LogP contribution >= 0.6 is 0 Å². The highest BCUT2D eigenvalue weighted by atomic mass is 19.1. The standard InChI is InChI=1S/C18H24FN3O/c1-23-12-11-21-10-8-20-18(21)14-22-9-3-2-7-17(22)15-5-4-6-16(19)13-15/h4-6,8,10,13,17H,2-3,7,9,11-12,14H2,1H3. The number of rotatable bonds is 6. The maximum absolute atomic E-state index is 13.6. The second-order valence-electron chi connectivity index (χ2n) is 6.07. The van der Waals surface area contributed by atoms with Crippen molar-refractivity contribution in [3.8, 4) is 0 Å². The van der Waals surface area contributed by atoms with Gasteiger partial charge in [0.05, 0.1) is 13.2 Å². The summed E-state index contributed by atoms with van der Waals surface area (Å²) in [5, 5.41) is 0. The Labute approximate surface area is 136 Å². The zero-order valence-electron chi connectivity index (χ0n) is 13.6. The van der Waals surface area contributed by atoms with E-state index in [1.54, 1.807) is 19.2 Å². The van der Waals surface area contributed by atoms with Gasteiger partial charge in [0, 0.05) is 32.1 Å². The second-order valence-corrected chi connectivity index (χ2v) is 6.07. The van der Waals surface area contributed by atoms with Crippen molar-refractivity contribution >= 4 is 0 Å². The molecule has 3 rings (SSSR count). The lowest BCUT2D eigenvalue weighted by Crippen LogP contribution is -2.34. The van der Waals surface area contributed by atoms with E-state index >= 15 is 0 Å². The third-order valence-corrected chi connectivity index (χ3v) is 4.53. The van der Waals surface area contributed by atoms with Crippen LogP contribution in [0.5, 0.6) is 0 Å². The van der Waals surface area contributed by atoms with Crippen LogP contribution in [0.3, 0.4) is 0 Å². The molecule has 23 heavy (non-hydrogen) atoms. The van der Waals surface area contributed by atoms with Crippen LogP contribution in [0.1, 0.15) is 36.7 Å². The molecule has 2 heterocycles. The zero-order valence-corrected chi connectivity index (χ0v) is 13.6. The van der Waals surface area contributed by atoms with Crippen molar-refractivity contribution in [2.24, 2.45) is 0 Å². The van der Waals surface area contributed by atoms with Crippen molar-refractivity contribution in [2.45, 2.75) is 38.4 Å². The largest absolute Gasteiger partial charge is 0.383 e. The Morgan fingerprint density at radius 2 is 2.26 bits per heavy atom. The lowest BCUT2D eigenvalue weighted by atomic mass is 9.95. The molecule has 0 amide bonds. The van der Waals surface area contributed by atoms with E-state index in [2.05, 4.69) is 14.5 Å². The summed E-state index contributed by atoms with van der Waals surface area (Å²) >= 11 is 0. The van der Waals surface area contributed by atoms with E-state index < -0.39 is 0 Å². The Morgan fingerprint density at radius 3 is 3.09 bits per heavy atom. The van der Waals surface area contributed by atoms with Crippen molar-refractivity contribution in [2.75, 3.05) is 20.3 Å². The van der Waals surface area contributed by atoms with E-state index in [4.69, 9.17) is 4.74 Å². The molecule has 1 fully saturated rings. The molecule has 0 aliphatic carbocycles. The average molecular weight is 317 g/mol. The van der Waals surface area contributed by atoms with Gasteiger partial charge in [0.15, 0.2) is 0 Å². The highest BCUT2D eigenvalue weighted by Gasteiger charge is 2.25. The molecule has 4 nitrogen and oxygen atoms in total. The fourth-order valence-electron chi connectivity index (χ4n) is 3.34. The van der Waals surface area contributed by atoms with E-state index in [-0.39, 0.29) is 11.9 Å². The Kier molecular flexibility index (Phi) is 5.41. The van der Waals surface area contributed by atoms with E-state index in [1.165, 1.54) is 18.9 Å². The van der Waals surface area contributed by atoms with Crippen LogP contribution in [0.15, 0.2) is 36.7 Å². The Morgan fingerprint density at radius 1 is 1.35 bits per heavy atom. The van der Waals surface area contributed by atoms with Crippen molar-refractivity contribution in [1.29, 1.82) is 0 Å². The normalized spacial score (nSPS) is 19.1. The lowest BCUT2D eigenvalue weighted by molar-refractivity contribution is 0.132. The number of nitrogens with zero attached hydrogens (tertiary/aromatic N) is 3. The maximum atomic E-state index is 13.6. The van der Waals surface area contributed by atoms with Crippen molar-refractivity contribution in [3.05, 3.63) is 53.9 Å². The van der Waals surface area contributed by atoms with Gasteiger partial charge in [0.25, 0.3) is 0 Å². The third-order valence-electron chi connectivity index (χ3n) is 4.53. The van der Waals surface area contributed by atoms with Crippen LogP contribution in [-0.4, -0.2) is 34.7 Å². The van der Waals surface area contributed by atoms with Gasteiger partial charge in [-0.3, -0.25) is 4.90 Å². The summed E-state index contributed by atoms with van der Waals surface area (Å²) in [7, 11) is 1.71. The van der Waals surface area contributed by atoms with Gasteiger partial charge in [-0.1, -0.05) is 18.6 Å². The molecule has 1 aromatic heterocycles. The first kappa shape index (κ1) is 16.1. The minimum atomic E-state index is -0.158. The van der Waals surface area contributed by atoms with Gasteiger partial charge in [-0.05, 0) is 37.1 Å². The predicted molar refractivity (Wildman–Crippen MR) is 87.5 cm³/mol. The summed E-state index contributed by atoms with van der Waals surface area (Å²) in [6, 6.07) is 7.28. The fourth-order valence-corrected chi connectivity index (χ4v) is 3.34. The summed E-state index contributed by atoms with van der Waals surface area (Å²) in [4.78, 5) is 6.92. The van der Waals surface area contributed by atoms with Gasteiger partial charge >= 0.3 is 0 Å². The fraction of sp³-hybridized carbons (Fsp3) is 0.500. The number of hydrogen-bond acceptors (Lipinski definition) is 3. The van der Waals surface area contributed by atoms with Gasteiger partial charge in [0.2, 0.25) is 0 Å². The van der Waals surface area contributed by atoms with Crippen LogP contribution in [-0.2, 0) is 17.8 Å². The monoisotopic (exact) mass is 317 g/mol. The molecule has 2 aromatic rings. The highest BCUT2D eigenvalue weighted by Crippen LogP contribution is 2.32. The highest BCUT2D eigenvalue weighted by molar-refractivity contribution is 5.21. The smallest absolute Gasteiger partial charge is 0.123 e. The minimum Gasteiger partial charge on any atom is -0.383 e. The topological polar surface area (TPSA) is 30.3 Å². The number of aromatic nitrogens is 2.